The van der Waals surface area contributed by atoms with E-state index < -0.39 is 12.0 Å². The second-order valence-corrected chi connectivity index (χ2v) is 6.13. The summed E-state index contributed by atoms with van der Waals surface area (Å²) in [6.45, 7) is 0.679. The zero-order valence-electron chi connectivity index (χ0n) is 13.8. The van der Waals surface area contributed by atoms with Crippen LogP contribution in [-0.4, -0.2) is 18.6 Å². The van der Waals surface area contributed by atoms with Crippen LogP contribution in [-0.2, 0) is 4.79 Å². The van der Waals surface area contributed by atoms with Crippen LogP contribution in [0.15, 0.2) is 57.9 Å². The third kappa shape index (κ3) is 3.11. The highest BCUT2D eigenvalue weighted by Crippen LogP contribution is 2.25. The van der Waals surface area contributed by atoms with Gasteiger partial charge >= 0.3 is 0 Å². The fourth-order valence-corrected chi connectivity index (χ4v) is 3.00. The van der Waals surface area contributed by atoms with Crippen LogP contribution in [0.2, 0.25) is 0 Å². The number of nitrogens with zero attached hydrogens (tertiary/aromatic N) is 1. The average Bonchev–Trinajstić information content (AvgIpc) is 3.18. The van der Waals surface area contributed by atoms with Crippen molar-refractivity contribution in [3.05, 3.63) is 70.1 Å². The summed E-state index contributed by atoms with van der Waals surface area (Å²) in [5.41, 5.74) is 0.989. The lowest BCUT2D eigenvalue weighted by Crippen LogP contribution is -2.22. The Morgan fingerprint density at radius 3 is 2.73 bits per heavy atom. The van der Waals surface area contributed by atoms with Crippen LogP contribution in [0.25, 0.3) is 27.4 Å². The molecule has 6 heteroatoms. The number of hydrogen-bond acceptors (Lipinski definition) is 4. The van der Waals surface area contributed by atoms with Gasteiger partial charge in [-0.05, 0) is 35.9 Å². The second-order valence-electron chi connectivity index (χ2n) is 6.13. The van der Waals surface area contributed by atoms with Crippen LogP contribution in [0.4, 0.5) is 4.39 Å². The first-order valence-corrected chi connectivity index (χ1v) is 8.31. The number of hydrogen-bond donors (Lipinski definition) is 0. The summed E-state index contributed by atoms with van der Waals surface area (Å²) in [6, 6.07) is 9.83. The molecule has 1 aromatic heterocycles. The SMILES string of the molecule is O=C(Oc1ccc2c(=O)c(-c3ccc(F)cc3)coc2c1)[C@@H]1CCC[N-]1. The Bertz CT molecular complexity index is 1020. The maximum atomic E-state index is 13.1. The van der Waals surface area contributed by atoms with Gasteiger partial charge < -0.3 is 14.5 Å². The minimum atomic E-state index is -0.418. The smallest absolute Gasteiger partial charge is 0.293 e. The van der Waals surface area contributed by atoms with Crippen LogP contribution in [0.5, 0.6) is 5.75 Å². The number of carbonyl (C=O) groups is 1. The standard InChI is InChI=1S/C20H15FNO4/c21-13-5-3-12(4-6-13)16-11-25-18-10-14(7-8-15(18)19(16)23)26-20(24)17-2-1-9-22-17/h3-8,10-11,17H,1-2,9H2/q-1/t17-/m0/s1. The Labute approximate surface area is 148 Å². The maximum Gasteiger partial charge on any atom is 0.293 e. The van der Waals surface area contributed by atoms with E-state index in [0.29, 0.717) is 40.8 Å². The molecule has 1 fully saturated rings. The van der Waals surface area contributed by atoms with Crippen molar-refractivity contribution in [2.45, 2.75) is 18.9 Å². The lowest BCUT2D eigenvalue weighted by Gasteiger charge is -2.20. The van der Waals surface area contributed by atoms with E-state index in [1.165, 1.54) is 36.6 Å². The van der Waals surface area contributed by atoms with Gasteiger partial charge in [0.05, 0.1) is 10.9 Å². The van der Waals surface area contributed by atoms with Crippen molar-refractivity contribution >= 4 is 16.9 Å². The molecule has 0 saturated carbocycles. The highest BCUT2D eigenvalue weighted by atomic mass is 19.1. The molecule has 2 heterocycles. The second kappa shape index (κ2) is 6.72. The molecule has 0 bridgehead atoms. The van der Waals surface area contributed by atoms with Gasteiger partial charge in [0.1, 0.15) is 23.4 Å². The number of fused-ring (bicyclic) bond motifs is 1. The first-order valence-electron chi connectivity index (χ1n) is 8.31. The molecule has 1 aliphatic heterocycles. The Morgan fingerprint density at radius 1 is 1.19 bits per heavy atom. The van der Waals surface area contributed by atoms with Crippen molar-refractivity contribution in [2.24, 2.45) is 0 Å². The number of halogens is 1. The van der Waals surface area contributed by atoms with Gasteiger partial charge in [-0.1, -0.05) is 25.0 Å². The van der Waals surface area contributed by atoms with Gasteiger partial charge in [-0.2, -0.15) is 0 Å². The molecular formula is C20H15FNO4-. The van der Waals surface area contributed by atoms with Gasteiger partial charge in [0.2, 0.25) is 0 Å². The topological polar surface area (TPSA) is 70.6 Å². The molecule has 26 heavy (non-hydrogen) atoms. The molecule has 0 aliphatic carbocycles. The summed E-state index contributed by atoms with van der Waals surface area (Å²) in [6.07, 6.45) is 2.91. The number of rotatable bonds is 3. The van der Waals surface area contributed by atoms with Crippen molar-refractivity contribution < 1.29 is 18.3 Å². The maximum absolute atomic E-state index is 13.1. The lowest BCUT2D eigenvalue weighted by atomic mass is 10.1. The monoisotopic (exact) mass is 352 g/mol. The molecule has 1 atom stereocenters. The van der Waals surface area contributed by atoms with Crippen LogP contribution in [0.1, 0.15) is 12.8 Å². The number of carbonyl (C=O) groups excluding carboxylic acids is 1. The van der Waals surface area contributed by atoms with Crippen molar-refractivity contribution in [1.29, 1.82) is 0 Å². The van der Waals surface area contributed by atoms with Crippen LogP contribution in [0, 0.1) is 5.82 Å². The van der Waals surface area contributed by atoms with Crippen LogP contribution >= 0.6 is 0 Å². The summed E-state index contributed by atoms with van der Waals surface area (Å²) in [4.78, 5) is 24.7. The van der Waals surface area contributed by atoms with Crippen LogP contribution < -0.4 is 10.2 Å². The van der Waals surface area contributed by atoms with Gasteiger partial charge in [-0.3, -0.25) is 9.59 Å². The van der Waals surface area contributed by atoms with E-state index in [0.717, 1.165) is 6.42 Å². The van der Waals surface area contributed by atoms with Gasteiger partial charge in [-0.25, -0.2) is 4.39 Å². The molecule has 0 spiro atoms. The lowest BCUT2D eigenvalue weighted by molar-refractivity contribution is -0.134. The summed E-state index contributed by atoms with van der Waals surface area (Å²) >= 11 is 0. The summed E-state index contributed by atoms with van der Waals surface area (Å²) in [7, 11) is 0. The van der Waals surface area contributed by atoms with Crippen molar-refractivity contribution in [3.63, 3.8) is 0 Å². The van der Waals surface area contributed by atoms with Gasteiger partial charge in [0.25, 0.3) is 5.97 Å². The molecule has 1 aliphatic rings. The third-order valence-corrected chi connectivity index (χ3v) is 4.38. The van der Waals surface area contributed by atoms with Crippen molar-refractivity contribution in [2.75, 3.05) is 6.54 Å². The molecule has 0 radical (unpaired) electrons. The molecule has 132 valence electrons. The zero-order valence-corrected chi connectivity index (χ0v) is 13.8. The Morgan fingerprint density at radius 2 is 2.00 bits per heavy atom. The van der Waals surface area contributed by atoms with Crippen LogP contribution in [0.3, 0.4) is 0 Å². The molecule has 0 amide bonds. The van der Waals surface area contributed by atoms with E-state index in [1.54, 1.807) is 12.1 Å². The molecular weight excluding hydrogens is 337 g/mol. The largest absolute Gasteiger partial charge is 0.650 e. The van der Waals surface area contributed by atoms with E-state index in [4.69, 9.17) is 9.15 Å². The van der Waals surface area contributed by atoms with E-state index >= 15 is 0 Å². The number of benzene rings is 2. The summed E-state index contributed by atoms with van der Waals surface area (Å²) in [5, 5.41) is 4.54. The van der Waals surface area contributed by atoms with E-state index in [9.17, 15) is 14.0 Å². The Hall–Kier alpha value is -2.99. The van der Waals surface area contributed by atoms with Crippen molar-refractivity contribution in [3.8, 4) is 16.9 Å². The predicted molar refractivity (Wildman–Crippen MR) is 94.8 cm³/mol. The summed E-state index contributed by atoms with van der Waals surface area (Å²) < 4.78 is 24.0. The molecule has 3 aromatic rings. The molecule has 1 saturated heterocycles. The molecule has 5 nitrogen and oxygen atoms in total. The zero-order chi connectivity index (χ0) is 18.1. The molecule has 0 N–H and O–H groups in total. The Balaban J connectivity index is 1.65. The van der Waals surface area contributed by atoms with E-state index in [2.05, 4.69) is 5.32 Å². The van der Waals surface area contributed by atoms with Crippen molar-refractivity contribution in [1.82, 2.24) is 0 Å². The van der Waals surface area contributed by atoms with Gasteiger partial charge in [0, 0.05) is 6.07 Å². The van der Waals surface area contributed by atoms with Gasteiger partial charge in [0.15, 0.2) is 5.43 Å². The molecule has 2 aromatic carbocycles. The molecule has 4 rings (SSSR count). The predicted octanol–water partition coefficient (Wildman–Crippen LogP) is 4.04. The highest BCUT2D eigenvalue weighted by Gasteiger charge is 2.16. The minimum Gasteiger partial charge on any atom is -0.650 e. The first-order chi connectivity index (χ1) is 12.6. The number of esters is 1. The van der Waals surface area contributed by atoms with E-state index in [-0.39, 0.29) is 11.2 Å². The van der Waals surface area contributed by atoms with Gasteiger partial charge in [-0.15, -0.1) is 6.54 Å². The first kappa shape index (κ1) is 16.5. The molecule has 0 unspecified atom stereocenters. The summed E-state index contributed by atoms with van der Waals surface area (Å²) in [5.74, 6) is -0.464. The fourth-order valence-electron chi connectivity index (χ4n) is 3.00. The Kier molecular flexibility index (Phi) is 4.26. The normalized spacial score (nSPS) is 16.7. The van der Waals surface area contributed by atoms with E-state index in [1.807, 2.05) is 0 Å². The quantitative estimate of drug-likeness (QED) is 0.527. The minimum absolute atomic E-state index is 0.235. The average molecular weight is 352 g/mol. The number of ether oxygens (including phenoxy) is 1. The highest BCUT2D eigenvalue weighted by molar-refractivity contribution is 5.85. The fraction of sp³-hybridized carbons (Fsp3) is 0.200. The third-order valence-electron chi connectivity index (χ3n) is 4.38.